The van der Waals surface area contributed by atoms with E-state index >= 15 is 0 Å². The van der Waals surface area contributed by atoms with E-state index < -0.39 is 0 Å². The van der Waals surface area contributed by atoms with Crippen molar-refractivity contribution >= 4 is 40.0 Å². The van der Waals surface area contributed by atoms with Crippen LogP contribution in [0.5, 0.6) is 11.5 Å². The number of ether oxygens (including phenoxy) is 2. The van der Waals surface area contributed by atoms with Crippen LogP contribution in [0.15, 0.2) is 65.1 Å². The van der Waals surface area contributed by atoms with Crippen LogP contribution in [0.25, 0.3) is 11.1 Å². The van der Waals surface area contributed by atoms with Crippen LogP contribution in [0.4, 0.5) is 5.69 Å². The lowest BCUT2D eigenvalue weighted by molar-refractivity contribution is 0.0977. The largest absolute Gasteiger partial charge is 0.497 e. The molecule has 0 radical (unpaired) electrons. The Labute approximate surface area is 209 Å². The molecule has 4 rings (SSSR count). The number of methoxy groups -OCH3 is 2. The molecule has 0 saturated heterocycles. The number of carbonyl (C=O) groups excluding carboxylic acids is 1. The van der Waals surface area contributed by atoms with Gasteiger partial charge in [-0.15, -0.1) is 0 Å². The minimum atomic E-state index is -0.368. The molecule has 7 nitrogen and oxygen atoms in total. The van der Waals surface area contributed by atoms with Gasteiger partial charge in [0.1, 0.15) is 17.0 Å². The molecule has 0 aliphatic carbocycles. The molecule has 0 saturated carbocycles. The zero-order valence-corrected chi connectivity index (χ0v) is 20.9. The van der Waals surface area contributed by atoms with Crippen LogP contribution in [-0.4, -0.2) is 30.2 Å². The molecule has 180 valence electrons. The quantitative estimate of drug-likeness (QED) is 0.323. The third-order valence-electron chi connectivity index (χ3n) is 5.53. The van der Waals surface area contributed by atoms with Gasteiger partial charge in [0, 0.05) is 23.7 Å². The Kier molecular flexibility index (Phi) is 7.31. The third-order valence-corrected chi connectivity index (χ3v) is 5.73. The van der Waals surface area contributed by atoms with Crippen LogP contribution in [0.2, 0.25) is 0 Å². The van der Waals surface area contributed by atoms with Gasteiger partial charge in [-0.2, -0.15) is 0 Å². The third kappa shape index (κ3) is 5.96. The number of nitrogens with one attached hydrogen (secondary N) is 2. The van der Waals surface area contributed by atoms with Crippen LogP contribution < -0.4 is 20.1 Å². The number of oxazole rings is 1. The number of nitrogens with zero attached hydrogens (tertiary/aromatic N) is 1. The lowest BCUT2D eigenvalue weighted by Crippen LogP contribution is -2.34. The predicted octanol–water partition coefficient (Wildman–Crippen LogP) is 5.69. The van der Waals surface area contributed by atoms with Gasteiger partial charge in [-0.3, -0.25) is 10.1 Å². The number of rotatable bonds is 7. The van der Waals surface area contributed by atoms with Gasteiger partial charge in [0.05, 0.1) is 14.2 Å². The van der Waals surface area contributed by atoms with E-state index in [1.165, 1.54) is 19.8 Å². The minimum absolute atomic E-state index is 0.185. The van der Waals surface area contributed by atoms with E-state index in [-0.39, 0.29) is 11.0 Å². The molecule has 0 spiro atoms. The normalized spacial score (nSPS) is 10.9. The maximum absolute atomic E-state index is 12.6. The first kappa shape index (κ1) is 24.2. The zero-order valence-electron chi connectivity index (χ0n) is 20.0. The molecule has 0 fully saturated rings. The highest BCUT2D eigenvalue weighted by atomic mass is 32.1. The van der Waals surface area contributed by atoms with Crippen molar-refractivity contribution in [3.05, 3.63) is 83.2 Å². The van der Waals surface area contributed by atoms with E-state index in [4.69, 9.17) is 26.1 Å². The monoisotopic (exact) mass is 489 g/mol. The summed E-state index contributed by atoms with van der Waals surface area (Å²) < 4.78 is 16.3. The molecule has 0 unspecified atom stereocenters. The number of aromatic nitrogens is 1. The van der Waals surface area contributed by atoms with Crippen molar-refractivity contribution in [1.29, 1.82) is 0 Å². The van der Waals surface area contributed by atoms with Gasteiger partial charge in [0.2, 0.25) is 0 Å². The Balaban J connectivity index is 1.37. The molecular weight excluding hydrogens is 462 g/mol. The number of benzene rings is 3. The van der Waals surface area contributed by atoms with E-state index in [0.29, 0.717) is 35.3 Å². The molecule has 1 aromatic heterocycles. The standard InChI is InChI=1S/C27H27N3O4S/c1-16(2)18-7-10-24-23(14-18)29-25(34-24)11-17-5-8-20(9-6-17)28-27(35)30-26(31)19-12-21(32-3)15-22(13-19)33-4/h5-10,12-16H,11H2,1-4H3,(H2,28,30,31,35). The lowest BCUT2D eigenvalue weighted by Gasteiger charge is -2.11. The fourth-order valence-corrected chi connectivity index (χ4v) is 3.79. The average Bonchev–Trinajstić information content (AvgIpc) is 3.26. The topological polar surface area (TPSA) is 85.6 Å². The van der Waals surface area contributed by atoms with Crippen molar-refractivity contribution in [2.75, 3.05) is 19.5 Å². The van der Waals surface area contributed by atoms with Gasteiger partial charge in [-0.1, -0.05) is 32.0 Å². The molecule has 1 amide bonds. The van der Waals surface area contributed by atoms with Crippen molar-refractivity contribution in [2.45, 2.75) is 26.2 Å². The van der Waals surface area contributed by atoms with Crippen LogP contribution in [0.3, 0.4) is 0 Å². The molecule has 0 atom stereocenters. The number of hydrogen-bond donors (Lipinski definition) is 2. The molecule has 0 aliphatic rings. The molecule has 3 aromatic carbocycles. The second kappa shape index (κ2) is 10.6. The lowest BCUT2D eigenvalue weighted by atomic mass is 10.0. The summed E-state index contributed by atoms with van der Waals surface area (Å²) >= 11 is 5.31. The van der Waals surface area contributed by atoms with Crippen LogP contribution in [0, 0.1) is 0 Å². The highest BCUT2D eigenvalue weighted by Crippen LogP contribution is 2.24. The molecule has 8 heteroatoms. The maximum atomic E-state index is 12.6. The van der Waals surface area contributed by atoms with Crippen LogP contribution >= 0.6 is 12.2 Å². The van der Waals surface area contributed by atoms with Gasteiger partial charge in [0.25, 0.3) is 5.91 Å². The number of anilines is 1. The van der Waals surface area contributed by atoms with E-state index in [9.17, 15) is 4.79 Å². The fraction of sp³-hybridized carbons (Fsp3) is 0.222. The first-order valence-electron chi connectivity index (χ1n) is 11.2. The van der Waals surface area contributed by atoms with Gasteiger partial charge >= 0.3 is 0 Å². The first-order chi connectivity index (χ1) is 16.8. The van der Waals surface area contributed by atoms with Crippen molar-refractivity contribution in [1.82, 2.24) is 10.3 Å². The van der Waals surface area contributed by atoms with Gasteiger partial charge < -0.3 is 19.2 Å². The number of carbonyl (C=O) groups is 1. The summed E-state index contributed by atoms with van der Waals surface area (Å²) in [4.78, 5) is 17.2. The van der Waals surface area contributed by atoms with E-state index in [2.05, 4.69) is 41.6 Å². The number of thiocarbonyl (C=S) groups is 1. The van der Waals surface area contributed by atoms with E-state index in [1.807, 2.05) is 30.3 Å². The molecule has 0 aliphatic heterocycles. The molecule has 0 bridgehead atoms. The van der Waals surface area contributed by atoms with Gasteiger partial charge in [-0.05, 0) is 65.7 Å². The van der Waals surface area contributed by atoms with Crippen molar-refractivity contribution in [2.24, 2.45) is 0 Å². The SMILES string of the molecule is COc1cc(OC)cc(C(=O)NC(=S)Nc2ccc(Cc3nc4cc(C(C)C)ccc4o3)cc2)c1. The van der Waals surface area contributed by atoms with E-state index in [1.54, 1.807) is 18.2 Å². The molecule has 1 heterocycles. The second-order valence-corrected chi connectivity index (χ2v) is 8.78. The predicted molar refractivity (Wildman–Crippen MR) is 141 cm³/mol. The summed E-state index contributed by atoms with van der Waals surface area (Å²) in [6.07, 6.45) is 0.574. The number of hydrogen-bond acceptors (Lipinski definition) is 6. The first-order valence-corrected chi connectivity index (χ1v) is 11.6. The molecule has 4 aromatic rings. The summed E-state index contributed by atoms with van der Waals surface area (Å²) in [5.74, 6) is 1.77. The average molecular weight is 490 g/mol. The van der Waals surface area contributed by atoms with Gasteiger partial charge in [0.15, 0.2) is 16.6 Å². The summed E-state index contributed by atoms with van der Waals surface area (Å²) in [6, 6.07) is 18.8. The van der Waals surface area contributed by atoms with E-state index in [0.717, 1.165) is 22.4 Å². The molecular formula is C27H27N3O4S. The van der Waals surface area contributed by atoms with Crippen LogP contribution in [-0.2, 0) is 6.42 Å². The van der Waals surface area contributed by atoms with Crippen molar-refractivity contribution in [3.63, 3.8) is 0 Å². The van der Waals surface area contributed by atoms with Crippen molar-refractivity contribution < 1.29 is 18.7 Å². The van der Waals surface area contributed by atoms with Crippen molar-refractivity contribution in [3.8, 4) is 11.5 Å². The van der Waals surface area contributed by atoms with Crippen LogP contribution in [0.1, 0.15) is 47.1 Å². The summed E-state index contributed by atoms with van der Waals surface area (Å²) in [6.45, 7) is 4.32. The summed E-state index contributed by atoms with van der Waals surface area (Å²) in [7, 11) is 3.05. The summed E-state index contributed by atoms with van der Waals surface area (Å²) in [5.41, 5.74) is 5.07. The Morgan fingerprint density at radius 2 is 1.69 bits per heavy atom. The maximum Gasteiger partial charge on any atom is 0.257 e. The Bertz CT molecular complexity index is 1340. The smallest absolute Gasteiger partial charge is 0.257 e. The number of fused-ring (bicyclic) bond motifs is 1. The highest BCUT2D eigenvalue weighted by molar-refractivity contribution is 7.80. The molecule has 35 heavy (non-hydrogen) atoms. The summed E-state index contributed by atoms with van der Waals surface area (Å²) in [5, 5.41) is 5.89. The second-order valence-electron chi connectivity index (χ2n) is 8.37. The number of amides is 1. The minimum Gasteiger partial charge on any atom is -0.497 e. The zero-order chi connectivity index (χ0) is 24.9. The fourth-order valence-electron chi connectivity index (χ4n) is 3.58. The Hall–Kier alpha value is -3.91. The Morgan fingerprint density at radius 1 is 1.00 bits per heavy atom. The van der Waals surface area contributed by atoms with Gasteiger partial charge in [-0.25, -0.2) is 4.98 Å². The molecule has 2 N–H and O–H groups in total. The highest BCUT2D eigenvalue weighted by Gasteiger charge is 2.12. The Morgan fingerprint density at radius 3 is 2.31 bits per heavy atom.